The number of hydrogen-bond donors (Lipinski definition) is 2. The minimum absolute atomic E-state index is 0.179. The SMILES string of the molecule is CNc1cccc(C2C=CNC(c3cnc4cnc(C(F)F)cn34)=N2)c1. The average Bonchev–Trinajstić information content (AvgIpc) is 3.11. The van der Waals surface area contributed by atoms with Crippen molar-refractivity contribution >= 4 is 17.2 Å². The zero-order valence-corrected chi connectivity index (χ0v) is 13.9. The van der Waals surface area contributed by atoms with Crippen molar-refractivity contribution in [3.05, 3.63) is 72.1 Å². The second-order valence-corrected chi connectivity index (χ2v) is 5.79. The molecule has 3 heterocycles. The number of benzene rings is 1. The number of nitrogens with zero attached hydrogens (tertiary/aromatic N) is 4. The van der Waals surface area contributed by atoms with Crippen LogP contribution in [0.1, 0.15) is 29.4 Å². The number of nitrogens with one attached hydrogen (secondary N) is 2. The van der Waals surface area contributed by atoms with Crippen molar-refractivity contribution in [2.45, 2.75) is 12.5 Å². The molecule has 6 nitrogen and oxygen atoms in total. The largest absolute Gasteiger partial charge is 0.388 e. The molecule has 2 N–H and O–H groups in total. The van der Waals surface area contributed by atoms with Gasteiger partial charge in [-0.15, -0.1) is 0 Å². The molecule has 0 radical (unpaired) electrons. The van der Waals surface area contributed by atoms with E-state index >= 15 is 0 Å². The van der Waals surface area contributed by atoms with Crippen LogP contribution in [-0.2, 0) is 0 Å². The fraction of sp³-hybridized carbons (Fsp3) is 0.167. The lowest BCUT2D eigenvalue weighted by atomic mass is 10.1. The Labute approximate surface area is 148 Å². The Balaban J connectivity index is 1.74. The number of aliphatic imine (C=N–C) groups is 1. The van der Waals surface area contributed by atoms with Gasteiger partial charge in [-0.3, -0.25) is 9.39 Å². The van der Waals surface area contributed by atoms with Crippen LogP contribution >= 0.6 is 0 Å². The normalized spacial score (nSPS) is 16.6. The van der Waals surface area contributed by atoms with Gasteiger partial charge >= 0.3 is 0 Å². The van der Waals surface area contributed by atoms with E-state index in [9.17, 15) is 8.78 Å². The van der Waals surface area contributed by atoms with E-state index in [0.29, 0.717) is 17.2 Å². The van der Waals surface area contributed by atoms with E-state index in [4.69, 9.17) is 4.99 Å². The van der Waals surface area contributed by atoms with Crippen molar-refractivity contribution in [3.63, 3.8) is 0 Å². The van der Waals surface area contributed by atoms with E-state index in [0.717, 1.165) is 11.3 Å². The minimum Gasteiger partial charge on any atom is -0.388 e. The second kappa shape index (κ2) is 6.55. The topological polar surface area (TPSA) is 66.6 Å². The van der Waals surface area contributed by atoms with E-state index in [1.54, 1.807) is 16.8 Å². The molecule has 0 bridgehead atoms. The zero-order valence-electron chi connectivity index (χ0n) is 13.9. The molecule has 0 amide bonds. The number of aromatic nitrogens is 3. The van der Waals surface area contributed by atoms with Crippen LogP contribution < -0.4 is 10.6 Å². The summed E-state index contributed by atoms with van der Waals surface area (Å²) >= 11 is 0. The van der Waals surface area contributed by atoms with Gasteiger partial charge in [0, 0.05) is 25.1 Å². The first-order chi connectivity index (χ1) is 12.7. The maximum atomic E-state index is 13.0. The molecule has 0 spiro atoms. The summed E-state index contributed by atoms with van der Waals surface area (Å²) < 4.78 is 27.5. The molecule has 1 atom stereocenters. The summed E-state index contributed by atoms with van der Waals surface area (Å²) in [6.07, 6.45) is 5.31. The molecule has 8 heteroatoms. The predicted octanol–water partition coefficient (Wildman–Crippen LogP) is 3.31. The molecule has 1 aromatic carbocycles. The maximum absolute atomic E-state index is 13.0. The summed E-state index contributed by atoms with van der Waals surface area (Å²) in [5.41, 5.74) is 2.80. The summed E-state index contributed by atoms with van der Waals surface area (Å²) in [5, 5.41) is 6.18. The zero-order chi connectivity index (χ0) is 18.1. The van der Waals surface area contributed by atoms with Crippen LogP contribution in [0.3, 0.4) is 0 Å². The molecule has 132 valence electrons. The lowest BCUT2D eigenvalue weighted by Crippen LogP contribution is -2.24. The first-order valence-corrected chi connectivity index (χ1v) is 8.06. The highest BCUT2D eigenvalue weighted by Gasteiger charge is 2.18. The van der Waals surface area contributed by atoms with E-state index in [-0.39, 0.29) is 11.7 Å². The molecule has 0 fully saturated rings. The Bertz CT molecular complexity index is 1010. The van der Waals surface area contributed by atoms with Gasteiger partial charge in [0.25, 0.3) is 6.43 Å². The van der Waals surface area contributed by atoms with Crippen molar-refractivity contribution in [2.24, 2.45) is 4.99 Å². The minimum atomic E-state index is -2.65. The summed E-state index contributed by atoms with van der Waals surface area (Å²) in [6.45, 7) is 0. The maximum Gasteiger partial charge on any atom is 0.281 e. The molecule has 26 heavy (non-hydrogen) atoms. The Morgan fingerprint density at radius 2 is 2.12 bits per heavy atom. The number of fused-ring (bicyclic) bond motifs is 1. The molecule has 4 rings (SSSR count). The van der Waals surface area contributed by atoms with Gasteiger partial charge in [0.15, 0.2) is 11.5 Å². The van der Waals surface area contributed by atoms with Crippen molar-refractivity contribution in [1.82, 2.24) is 19.7 Å². The average molecular weight is 354 g/mol. The monoisotopic (exact) mass is 354 g/mol. The van der Waals surface area contributed by atoms with Crippen LogP contribution in [-0.4, -0.2) is 27.3 Å². The van der Waals surface area contributed by atoms with Gasteiger partial charge < -0.3 is 10.6 Å². The Hall–Kier alpha value is -3.29. The number of alkyl halides is 2. The van der Waals surface area contributed by atoms with Gasteiger partial charge in [-0.2, -0.15) is 0 Å². The molecule has 3 aromatic rings. The third-order valence-corrected chi connectivity index (χ3v) is 4.17. The van der Waals surface area contributed by atoms with Crippen LogP contribution in [0.15, 0.2) is 60.1 Å². The second-order valence-electron chi connectivity index (χ2n) is 5.79. The van der Waals surface area contributed by atoms with Crippen LogP contribution in [0.4, 0.5) is 14.5 Å². The quantitative estimate of drug-likeness (QED) is 0.754. The standard InChI is InChI=1S/C18H16F2N6/c1-21-12-4-2-3-11(7-12)13-5-6-22-18(25-13)15-8-24-16-9-23-14(17(19)20)10-26(15)16/h2-10,13,17,21H,1H3,(H,22,25). The van der Waals surface area contributed by atoms with Gasteiger partial charge in [-0.25, -0.2) is 18.7 Å². The molecule has 2 aromatic heterocycles. The molecule has 1 aliphatic rings. The van der Waals surface area contributed by atoms with Crippen molar-refractivity contribution in [2.75, 3.05) is 12.4 Å². The number of hydrogen-bond acceptors (Lipinski definition) is 5. The summed E-state index contributed by atoms with van der Waals surface area (Å²) in [5.74, 6) is 0.561. The van der Waals surface area contributed by atoms with Gasteiger partial charge in [-0.05, 0) is 23.8 Å². The van der Waals surface area contributed by atoms with E-state index in [1.165, 1.54) is 12.4 Å². The van der Waals surface area contributed by atoms with Gasteiger partial charge in [-0.1, -0.05) is 12.1 Å². The van der Waals surface area contributed by atoms with E-state index in [2.05, 4.69) is 20.6 Å². The number of halogens is 2. The van der Waals surface area contributed by atoms with E-state index in [1.807, 2.05) is 37.4 Å². The molecule has 1 aliphatic heterocycles. The van der Waals surface area contributed by atoms with Crippen LogP contribution in [0.2, 0.25) is 0 Å². The highest BCUT2D eigenvalue weighted by Crippen LogP contribution is 2.25. The summed E-state index contributed by atoms with van der Waals surface area (Å²) in [4.78, 5) is 12.7. The van der Waals surface area contributed by atoms with Gasteiger partial charge in [0.1, 0.15) is 11.4 Å². The predicted molar refractivity (Wildman–Crippen MR) is 95.5 cm³/mol. The fourth-order valence-electron chi connectivity index (χ4n) is 2.83. The lowest BCUT2D eigenvalue weighted by molar-refractivity contribution is 0.145. The smallest absolute Gasteiger partial charge is 0.281 e. The van der Waals surface area contributed by atoms with Gasteiger partial charge in [0.05, 0.1) is 18.4 Å². The first kappa shape index (κ1) is 16.2. The highest BCUT2D eigenvalue weighted by molar-refractivity contribution is 5.99. The summed E-state index contributed by atoms with van der Waals surface area (Å²) in [6, 6.07) is 7.77. The third-order valence-electron chi connectivity index (χ3n) is 4.17. The molecular formula is C18H16F2N6. The van der Waals surface area contributed by atoms with Crippen LogP contribution in [0, 0.1) is 0 Å². The Morgan fingerprint density at radius 3 is 2.92 bits per heavy atom. The lowest BCUT2D eigenvalue weighted by Gasteiger charge is -2.17. The third kappa shape index (κ3) is 2.90. The van der Waals surface area contributed by atoms with Crippen LogP contribution in [0.5, 0.6) is 0 Å². The van der Waals surface area contributed by atoms with Crippen molar-refractivity contribution in [1.29, 1.82) is 0 Å². The molecule has 0 saturated heterocycles. The number of imidazole rings is 1. The number of amidine groups is 1. The molecular weight excluding hydrogens is 338 g/mol. The molecule has 0 saturated carbocycles. The first-order valence-electron chi connectivity index (χ1n) is 8.06. The molecule has 1 unspecified atom stereocenters. The number of anilines is 1. The number of rotatable bonds is 4. The Kier molecular flexibility index (Phi) is 4.08. The summed E-state index contributed by atoms with van der Waals surface area (Å²) in [7, 11) is 1.86. The van der Waals surface area contributed by atoms with Crippen molar-refractivity contribution < 1.29 is 8.78 Å². The highest BCUT2D eigenvalue weighted by atomic mass is 19.3. The van der Waals surface area contributed by atoms with Crippen LogP contribution in [0.25, 0.3) is 5.65 Å². The van der Waals surface area contributed by atoms with Crippen molar-refractivity contribution in [3.8, 4) is 0 Å². The fourth-order valence-corrected chi connectivity index (χ4v) is 2.83. The Morgan fingerprint density at radius 1 is 1.23 bits per heavy atom. The van der Waals surface area contributed by atoms with E-state index < -0.39 is 6.43 Å². The van der Waals surface area contributed by atoms with Gasteiger partial charge in [0.2, 0.25) is 0 Å². The molecule has 0 aliphatic carbocycles.